The van der Waals surface area contributed by atoms with Crippen molar-refractivity contribution in [3.63, 3.8) is 0 Å². The van der Waals surface area contributed by atoms with Crippen molar-refractivity contribution in [2.24, 2.45) is 0 Å². The van der Waals surface area contributed by atoms with E-state index in [1.165, 1.54) is 21.1 Å². The summed E-state index contributed by atoms with van der Waals surface area (Å²) in [6, 6.07) is 23.4. The van der Waals surface area contributed by atoms with Gasteiger partial charge in [0.25, 0.3) is 5.91 Å². The van der Waals surface area contributed by atoms with Gasteiger partial charge in [0, 0.05) is 32.4 Å². The maximum atomic E-state index is 12.5. The van der Waals surface area contributed by atoms with E-state index in [0.29, 0.717) is 29.3 Å². The van der Waals surface area contributed by atoms with E-state index in [1.807, 2.05) is 30.3 Å². The SMILES string of the molecule is CN(C)S(=O)(=O)N(C)c1ccc(C(=O)Nc2ccc(OCc3ccccc3)cc2)cc1. The Balaban J connectivity index is 1.59. The van der Waals surface area contributed by atoms with Crippen molar-refractivity contribution < 1.29 is 17.9 Å². The summed E-state index contributed by atoms with van der Waals surface area (Å²) in [7, 11) is 0.808. The van der Waals surface area contributed by atoms with Gasteiger partial charge in [0.1, 0.15) is 12.4 Å². The quantitative estimate of drug-likeness (QED) is 0.580. The molecule has 0 saturated heterocycles. The van der Waals surface area contributed by atoms with Gasteiger partial charge in [-0.25, -0.2) is 0 Å². The Morgan fingerprint density at radius 2 is 1.48 bits per heavy atom. The van der Waals surface area contributed by atoms with E-state index in [1.54, 1.807) is 48.5 Å². The summed E-state index contributed by atoms with van der Waals surface area (Å²) in [6.07, 6.45) is 0. The lowest BCUT2D eigenvalue weighted by atomic mass is 10.2. The second-order valence-corrected chi connectivity index (χ2v) is 9.23. The Hall–Kier alpha value is -3.36. The van der Waals surface area contributed by atoms with Gasteiger partial charge in [0.2, 0.25) is 0 Å². The summed E-state index contributed by atoms with van der Waals surface area (Å²) in [4.78, 5) is 12.5. The molecule has 0 aromatic heterocycles. The summed E-state index contributed by atoms with van der Waals surface area (Å²) < 4.78 is 32.4. The number of carbonyl (C=O) groups is 1. The standard InChI is InChI=1S/C23H25N3O4S/c1-25(2)31(28,29)26(3)21-13-9-19(10-14-21)23(27)24-20-11-15-22(16-12-20)30-17-18-7-5-4-6-8-18/h4-16H,17H2,1-3H3,(H,24,27). The lowest BCUT2D eigenvalue weighted by molar-refractivity contribution is 0.102. The third-order valence-corrected chi connectivity index (χ3v) is 6.49. The first kappa shape index (κ1) is 22.3. The number of amides is 1. The van der Waals surface area contributed by atoms with Gasteiger partial charge in [-0.3, -0.25) is 9.10 Å². The van der Waals surface area contributed by atoms with Crippen molar-refractivity contribution >= 4 is 27.5 Å². The first-order valence-electron chi connectivity index (χ1n) is 9.62. The highest BCUT2D eigenvalue weighted by atomic mass is 32.2. The molecule has 0 unspecified atom stereocenters. The smallest absolute Gasteiger partial charge is 0.303 e. The number of anilines is 2. The zero-order valence-electron chi connectivity index (χ0n) is 17.6. The zero-order chi connectivity index (χ0) is 22.4. The van der Waals surface area contributed by atoms with E-state index in [-0.39, 0.29) is 5.91 Å². The molecule has 0 saturated carbocycles. The highest BCUT2D eigenvalue weighted by Gasteiger charge is 2.21. The van der Waals surface area contributed by atoms with Crippen LogP contribution in [0.5, 0.6) is 5.75 Å². The van der Waals surface area contributed by atoms with Crippen molar-refractivity contribution in [3.05, 3.63) is 90.0 Å². The van der Waals surface area contributed by atoms with Gasteiger partial charge < -0.3 is 10.1 Å². The predicted molar refractivity (Wildman–Crippen MR) is 123 cm³/mol. The van der Waals surface area contributed by atoms with Crippen molar-refractivity contribution in [3.8, 4) is 5.75 Å². The van der Waals surface area contributed by atoms with E-state index in [2.05, 4.69) is 5.32 Å². The van der Waals surface area contributed by atoms with Gasteiger partial charge >= 0.3 is 10.2 Å². The second-order valence-electron chi connectivity index (χ2n) is 7.06. The van der Waals surface area contributed by atoms with Crippen molar-refractivity contribution in [2.45, 2.75) is 6.61 Å². The number of carbonyl (C=O) groups excluding carboxylic acids is 1. The van der Waals surface area contributed by atoms with Crippen molar-refractivity contribution in [1.29, 1.82) is 0 Å². The maximum absolute atomic E-state index is 12.5. The van der Waals surface area contributed by atoms with Crippen LogP contribution < -0.4 is 14.4 Å². The van der Waals surface area contributed by atoms with Gasteiger partial charge in [-0.15, -0.1) is 0 Å². The molecule has 1 N–H and O–H groups in total. The number of nitrogens with zero attached hydrogens (tertiary/aromatic N) is 2. The van der Waals surface area contributed by atoms with Crippen LogP contribution in [0.4, 0.5) is 11.4 Å². The number of hydrogen-bond acceptors (Lipinski definition) is 4. The lowest BCUT2D eigenvalue weighted by Gasteiger charge is -2.23. The molecule has 0 bridgehead atoms. The van der Waals surface area contributed by atoms with Crippen LogP contribution in [0.25, 0.3) is 0 Å². The van der Waals surface area contributed by atoms with E-state index in [4.69, 9.17) is 4.74 Å². The van der Waals surface area contributed by atoms with E-state index in [9.17, 15) is 13.2 Å². The van der Waals surface area contributed by atoms with Gasteiger partial charge in [-0.1, -0.05) is 30.3 Å². The van der Waals surface area contributed by atoms with E-state index < -0.39 is 10.2 Å². The minimum atomic E-state index is -3.58. The van der Waals surface area contributed by atoms with Crippen LogP contribution in [0.2, 0.25) is 0 Å². The number of benzene rings is 3. The number of nitrogens with one attached hydrogen (secondary N) is 1. The number of ether oxygens (including phenoxy) is 1. The number of rotatable bonds is 8. The molecule has 1 amide bonds. The van der Waals surface area contributed by atoms with Crippen LogP contribution in [-0.2, 0) is 16.8 Å². The first-order valence-corrected chi connectivity index (χ1v) is 11.0. The van der Waals surface area contributed by atoms with Crippen LogP contribution in [0.1, 0.15) is 15.9 Å². The Kier molecular flexibility index (Phi) is 6.94. The molecule has 162 valence electrons. The molecule has 3 aromatic rings. The summed E-state index contributed by atoms with van der Waals surface area (Å²) in [5.74, 6) is 0.416. The van der Waals surface area contributed by atoms with Crippen LogP contribution in [0.15, 0.2) is 78.9 Å². The minimum Gasteiger partial charge on any atom is -0.489 e. The maximum Gasteiger partial charge on any atom is 0.303 e. The molecule has 0 radical (unpaired) electrons. The fourth-order valence-electron chi connectivity index (χ4n) is 2.78. The Bertz CT molecular complexity index is 1110. The molecule has 0 aliphatic rings. The molecule has 8 heteroatoms. The van der Waals surface area contributed by atoms with E-state index >= 15 is 0 Å². The summed E-state index contributed by atoms with van der Waals surface area (Å²) in [6.45, 7) is 0.469. The predicted octanol–water partition coefficient (Wildman–Crippen LogP) is 3.76. The molecule has 0 heterocycles. The Labute approximate surface area is 183 Å². The third kappa shape index (κ3) is 5.62. The van der Waals surface area contributed by atoms with Gasteiger partial charge in [0.15, 0.2) is 0 Å². The average molecular weight is 440 g/mol. The van der Waals surface area contributed by atoms with Crippen molar-refractivity contribution in [2.75, 3.05) is 30.8 Å². The molecular weight excluding hydrogens is 414 g/mol. The topological polar surface area (TPSA) is 79.0 Å². The summed E-state index contributed by atoms with van der Waals surface area (Å²) in [5.41, 5.74) is 2.59. The minimum absolute atomic E-state index is 0.289. The monoisotopic (exact) mass is 439 g/mol. The molecule has 0 fully saturated rings. The molecule has 3 aromatic carbocycles. The zero-order valence-corrected chi connectivity index (χ0v) is 18.5. The first-order chi connectivity index (χ1) is 14.8. The molecule has 31 heavy (non-hydrogen) atoms. The highest BCUT2D eigenvalue weighted by molar-refractivity contribution is 7.90. The summed E-state index contributed by atoms with van der Waals surface area (Å²) >= 11 is 0. The Morgan fingerprint density at radius 3 is 2.06 bits per heavy atom. The largest absolute Gasteiger partial charge is 0.489 e. The van der Waals surface area contributed by atoms with Gasteiger partial charge in [0.05, 0.1) is 5.69 Å². The molecule has 0 aliphatic heterocycles. The van der Waals surface area contributed by atoms with Crippen LogP contribution in [-0.4, -0.2) is 39.8 Å². The van der Waals surface area contributed by atoms with Gasteiger partial charge in [-0.05, 0) is 54.1 Å². The van der Waals surface area contributed by atoms with Crippen molar-refractivity contribution in [1.82, 2.24) is 4.31 Å². The molecule has 0 atom stereocenters. The number of hydrogen-bond donors (Lipinski definition) is 1. The lowest BCUT2D eigenvalue weighted by Crippen LogP contribution is -2.37. The fourth-order valence-corrected chi connectivity index (χ4v) is 3.66. The van der Waals surface area contributed by atoms with Gasteiger partial charge in [-0.2, -0.15) is 12.7 Å². The average Bonchev–Trinajstić information content (AvgIpc) is 2.78. The fraction of sp³-hybridized carbons (Fsp3) is 0.174. The molecule has 3 rings (SSSR count). The van der Waals surface area contributed by atoms with E-state index in [0.717, 1.165) is 14.2 Å². The van der Waals surface area contributed by atoms with Crippen LogP contribution in [0, 0.1) is 0 Å². The highest BCUT2D eigenvalue weighted by Crippen LogP contribution is 2.20. The molecule has 0 aliphatic carbocycles. The van der Waals surface area contributed by atoms with Crippen LogP contribution >= 0.6 is 0 Å². The third-order valence-electron chi connectivity index (χ3n) is 4.66. The summed E-state index contributed by atoms with van der Waals surface area (Å²) in [5, 5.41) is 2.82. The molecular formula is C23H25N3O4S. The second kappa shape index (κ2) is 9.63. The normalized spacial score (nSPS) is 11.2. The molecule has 7 nitrogen and oxygen atoms in total. The van der Waals surface area contributed by atoms with Crippen LogP contribution in [0.3, 0.4) is 0 Å². The Morgan fingerprint density at radius 1 is 0.871 bits per heavy atom. The molecule has 0 spiro atoms.